The lowest BCUT2D eigenvalue weighted by Gasteiger charge is -2.14. The number of aryl methyl sites for hydroxylation is 1. The van der Waals surface area contributed by atoms with Crippen LogP contribution in [0.1, 0.15) is 25.0 Å². The van der Waals surface area contributed by atoms with Crippen LogP contribution in [0.5, 0.6) is 11.5 Å². The summed E-state index contributed by atoms with van der Waals surface area (Å²) >= 11 is 0. The Bertz CT molecular complexity index is 559. The summed E-state index contributed by atoms with van der Waals surface area (Å²) in [5.74, 6) is 0.377. The van der Waals surface area contributed by atoms with E-state index in [0.717, 1.165) is 18.4 Å². The first-order valence-corrected chi connectivity index (χ1v) is 6.30. The number of hydrogen-bond donors (Lipinski definition) is 2. The van der Waals surface area contributed by atoms with Gasteiger partial charge in [0.2, 0.25) is 0 Å². The van der Waals surface area contributed by atoms with Crippen molar-refractivity contribution < 1.29 is 10.2 Å². The van der Waals surface area contributed by atoms with E-state index in [1.807, 2.05) is 12.1 Å². The van der Waals surface area contributed by atoms with Crippen molar-refractivity contribution in [2.24, 2.45) is 0 Å². The summed E-state index contributed by atoms with van der Waals surface area (Å²) in [6.07, 6.45) is 1.88. The highest BCUT2D eigenvalue weighted by molar-refractivity contribution is 5.75. The van der Waals surface area contributed by atoms with Crippen molar-refractivity contribution in [3.05, 3.63) is 47.5 Å². The zero-order valence-electron chi connectivity index (χ0n) is 10.8. The Hall–Kier alpha value is -1.96. The molecule has 0 bridgehead atoms. The SMILES string of the molecule is CCc1cccc(-c2cc(O)ccc2O)c1CC. The predicted octanol–water partition coefficient (Wildman–Crippen LogP) is 3.89. The van der Waals surface area contributed by atoms with Gasteiger partial charge in [0.1, 0.15) is 11.5 Å². The van der Waals surface area contributed by atoms with Crippen LogP contribution in [-0.4, -0.2) is 10.2 Å². The molecule has 0 fully saturated rings. The van der Waals surface area contributed by atoms with Gasteiger partial charge in [-0.05, 0) is 47.7 Å². The maximum absolute atomic E-state index is 9.96. The van der Waals surface area contributed by atoms with Gasteiger partial charge in [0.15, 0.2) is 0 Å². The summed E-state index contributed by atoms with van der Waals surface area (Å²) in [4.78, 5) is 0. The van der Waals surface area contributed by atoms with Gasteiger partial charge in [0, 0.05) is 5.56 Å². The molecule has 0 saturated heterocycles. The van der Waals surface area contributed by atoms with Crippen molar-refractivity contribution in [1.29, 1.82) is 0 Å². The molecule has 0 aromatic heterocycles. The number of hydrogen-bond acceptors (Lipinski definition) is 2. The lowest BCUT2D eigenvalue weighted by atomic mass is 9.92. The molecular formula is C16H18O2. The van der Waals surface area contributed by atoms with E-state index in [1.165, 1.54) is 23.3 Å². The lowest BCUT2D eigenvalue weighted by Crippen LogP contribution is -1.95. The first-order valence-electron chi connectivity index (χ1n) is 6.30. The first-order chi connectivity index (χ1) is 8.67. The van der Waals surface area contributed by atoms with Gasteiger partial charge in [0.05, 0.1) is 0 Å². The van der Waals surface area contributed by atoms with Crippen molar-refractivity contribution in [2.45, 2.75) is 26.7 Å². The second kappa shape index (κ2) is 5.13. The van der Waals surface area contributed by atoms with E-state index in [-0.39, 0.29) is 11.5 Å². The van der Waals surface area contributed by atoms with E-state index >= 15 is 0 Å². The highest BCUT2D eigenvalue weighted by atomic mass is 16.3. The van der Waals surface area contributed by atoms with Crippen molar-refractivity contribution >= 4 is 0 Å². The van der Waals surface area contributed by atoms with Crippen molar-refractivity contribution in [3.8, 4) is 22.6 Å². The summed E-state index contributed by atoms with van der Waals surface area (Å²) in [7, 11) is 0. The molecule has 0 aliphatic carbocycles. The largest absolute Gasteiger partial charge is 0.508 e. The topological polar surface area (TPSA) is 40.5 Å². The average Bonchev–Trinajstić information content (AvgIpc) is 2.40. The van der Waals surface area contributed by atoms with Crippen LogP contribution >= 0.6 is 0 Å². The fourth-order valence-corrected chi connectivity index (χ4v) is 2.38. The normalized spacial score (nSPS) is 10.6. The number of benzene rings is 2. The Morgan fingerprint density at radius 1 is 0.889 bits per heavy atom. The van der Waals surface area contributed by atoms with E-state index in [4.69, 9.17) is 0 Å². The molecule has 0 aliphatic rings. The molecule has 2 heteroatoms. The van der Waals surface area contributed by atoms with Gasteiger partial charge in [0.25, 0.3) is 0 Å². The monoisotopic (exact) mass is 242 g/mol. The molecule has 2 rings (SSSR count). The quantitative estimate of drug-likeness (QED) is 0.802. The Morgan fingerprint density at radius 2 is 1.67 bits per heavy atom. The molecule has 0 atom stereocenters. The third-order valence-corrected chi connectivity index (χ3v) is 3.28. The van der Waals surface area contributed by atoms with Crippen LogP contribution in [0.15, 0.2) is 36.4 Å². The minimum Gasteiger partial charge on any atom is -0.508 e. The molecule has 0 unspecified atom stereocenters. The fourth-order valence-electron chi connectivity index (χ4n) is 2.38. The summed E-state index contributed by atoms with van der Waals surface area (Å²) in [6.45, 7) is 4.23. The van der Waals surface area contributed by atoms with E-state index in [2.05, 4.69) is 19.9 Å². The average molecular weight is 242 g/mol. The molecule has 94 valence electrons. The molecule has 2 aromatic rings. The van der Waals surface area contributed by atoms with Crippen LogP contribution in [0.3, 0.4) is 0 Å². The van der Waals surface area contributed by atoms with Gasteiger partial charge in [-0.3, -0.25) is 0 Å². The van der Waals surface area contributed by atoms with Crippen LogP contribution in [0, 0.1) is 0 Å². The Morgan fingerprint density at radius 3 is 2.33 bits per heavy atom. The zero-order valence-corrected chi connectivity index (χ0v) is 10.8. The summed E-state index contributed by atoms with van der Waals surface area (Å²) in [5.41, 5.74) is 4.23. The standard InChI is InChI=1S/C16H18O2/c1-3-11-6-5-7-14(13(11)4-2)15-10-12(17)8-9-16(15)18/h5-10,17-18H,3-4H2,1-2H3. The van der Waals surface area contributed by atoms with Crippen LogP contribution in [0.25, 0.3) is 11.1 Å². The smallest absolute Gasteiger partial charge is 0.123 e. The van der Waals surface area contributed by atoms with Crippen LogP contribution in [0.2, 0.25) is 0 Å². The van der Waals surface area contributed by atoms with Gasteiger partial charge < -0.3 is 10.2 Å². The van der Waals surface area contributed by atoms with Crippen molar-refractivity contribution in [2.75, 3.05) is 0 Å². The maximum Gasteiger partial charge on any atom is 0.123 e. The molecule has 18 heavy (non-hydrogen) atoms. The van der Waals surface area contributed by atoms with Gasteiger partial charge >= 0.3 is 0 Å². The van der Waals surface area contributed by atoms with E-state index in [0.29, 0.717) is 5.56 Å². The van der Waals surface area contributed by atoms with E-state index in [9.17, 15) is 10.2 Å². The van der Waals surface area contributed by atoms with Crippen LogP contribution < -0.4 is 0 Å². The number of rotatable bonds is 3. The molecule has 0 aliphatic heterocycles. The minimum atomic E-state index is 0.173. The molecule has 0 radical (unpaired) electrons. The van der Waals surface area contributed by atoms with Gasteiger partial charge in [-0.25, -0.2) is 0 Å². The fraction of sp³-hybridized carbons (Fsp3) is 0.250. The molecular weight excluding hydrogens is 224 g/mol. The molecule has 2 aromatic carbocycles. The molecule has 0 saturated carbocycles. The van der Waals surface area contributed by atoms with E-state index < -0.39 is 0 Å². The highest BCUT2D eigenvalue weighted by Crippen LogP contribution is 2.35. The van der Waals surface area contributed by atoms with Gasteiger partial charge in [-0.1, -0.05) is 32.0 Å². The lowest BCUT2D eigenvalue weighted by molar-refractivity contribution is 0.462. The Labute approximate surface area is 108 Å². The maximum atomic E-state index is 9.96. The Kier molecular flexibility index (Phi) is 3.56. The van der Waals surface area contributed by atoms with Crippen molar-refractivity contribution in [1.82, 2.24) is 0 Å². The second-order valence-electron chi connectivity index (χ2n) is 4.35. The second-order valence-corrected chi connectivity index (χ2v) is 4.35. The minimum absolute atomic E-state index is 0.173. The van der Waals surface area contributed by atoms with Gasteiger partial charge in [-0.15, -0.1) is 0 Å². The third-order valence-electron chi connectivity index (χ3n) is 3.28. The molecule has 0 amide bonds. The van der Waals surface area contributed by atoms with Crippen LogP contribution in [-0.2, 0) is 12.8 Å². The molecule has 2 N–H and O–H groups in total. The molecule has 0 spiro atoms. The first kappa shape index (κ1) is 12.5. The molecule has 0 heterocycles. The Balaban J connectivity index is 2.66. The van der Waals surface area contributed by atoms with Crippen molar-refractivity contribution in [3.63, 3.8) is 0 Å². The van der Waals surface area contributed by atoms with E-state index in [1.54, 1.807) is 6.07 Å². The predicted molar refractivity (Wildman–Crippen MR) is 74.0 cm³/mol. The number of phenolic OH excluding ortho intramolecular Hbond substituents is 2. The number of phenols is 2. The number of aromatic hydroxyl groups is 2. The summed E-state index contributed by atoms with van der Waals surface area (Å²) < 4.78 is 0. The van der Waals surface area contributed by atoms with Crippen LogP contribution in [0.4, 0.5) is 0 Å². The summed E-state index contributed by atoms with van der Waals surface area (Å²) in [6, 6.07) is 10.7. The summed E-state index contributed by atoms with van der Waals surface area (Å²) in [5, 5.41) is 19.5. The molecule has 2 nitrogen and oxygen atoms in total. The highest BCUT2D eigenvalue weighted by Gasteiger charge is 2.11. The van der Waals surface area contributed by atoms with Gasteiger partial charge in [-0.2, -0.15) is 0 Å². The third kappa shape index (κ3) is 2.19. The zero-order chi connectivity index (χ0) is 13.1.